The van der Waals surface area contributed by atoms with Gasteiger partial charge in [0.1, 0.15) is 0 Å². The van der Waals surface area contributed by atoms with E-state index in [0.29, 0.717) is 0 Å². The topological polar surface area (TPSA) is 0 Å². The molecule has 0 aliphatic carbocycles. The summed E-state index contributed by atoms with van der Waals surface area (Å²) >= 11 is 0. The zero-order valence-electron chi connectivity index (χ0n) is 4.52. The van der Waals surface area contributed by atoms with E-state index in [1.54, 1.807) is 0 Å². The van der Waals surface area contributed by atoms with Gasteiger partial charge in [-0.05, 0) is 0 Å². The zero-order chi connectivity index (χ0) is 5.54. The molecule has 0 unspecified atom stereocenters. The molecule has 0 fully saturated rings. The largest absolute Gasteiger partial charge is 0.102 e. The summed E-state index contributed by atoms with van der Waals surface area (Å²) in [4.78, 5) is 0. The molecule has 0 aliphatic rings. The molecule has 0 radical (unpaired) electrons. The highest BCUT2D eigenvalue weighted by Gasteiger charge is 1.77. The van der Waals surface area contributed by atoms with E-state index >= 15 is 0 Å². The third-order valence-corrected chi connectivity index (χ3v) is 2.78. The Morgan fingerprint density at radius 2 is 2.29 bits per heavy atom. The minimum atomic E-state index is 1.07. The summed E-state index contributed by atoms with van der Waals surface area (Å²) in [5.74, 6) is 2.26. The lowest BCUT2D eigenvalue weighted by molar-refractivity contribution is 1.54. The van der Waals surface area contributed by atoms with E-state index in [0.717, 1.165) is 5.75 Å². The van der Waals surface area contributed by atoms with Crippen molar-refractivity contribution in [3.8, 4) is 0 Å². The summed E-state index contributed by atoms with van der Waals surface area (Å²) in [5, 5.41) is 0. The average Bonchev–Trinajstić information content (AvgIpc) is 1.69. The molecule has 42 valence electrons. The van der Waals surface area contributed by atoms with Gasteiger partial charge in [0.15, 0.2) is 0 Å². The van der Waals surface area contributed by atoms with Crippen molar-refractivity contribution in [1.82, 2.24) is 0 Å². The van der Waals surface area contributed by atoms with Crippen molar-refractivity contribution in [2.45, 2.75) is 6.92 Å². The molecule has 0 saturated heterocycles. The van der Waals surface area contributed by atoms with E-state index < -0.39 is 0 Å². The molecule has 0 bridgehead atoms. The van der Waals surface area contributed by atoms with Crippen LogP contribution >= 0.6 is 21.6 Å². The van der Waals surface area contributed by atoms with Crippen LogP contribution < -0.4 is 0 Å². The van der Waals surface area contributed by atoms with Gasteiger partial charge in [0.2, 0.25) is 0 Å². The van der Waals surface area contributed by atoms with Gasteiger partial charge >= 0.3 is 0 Å². The van der Waals surface area contributed by atoms with Gasteiger partial charge in [-0.2, -0.15) is 0 Å². The van der Waals surface area contributed by atoms with E-state index in [-0.39, 0.29) is 0 Å². The highest BCUT2D eigenvalue weighted by molar-refractivity contribution is 8.76. The Labute approximate surface area is 53.2 Å². The van der Waals surface area contributed by atoms with Gasteiger partial charge in [-0.25, -0.2) is 0 Å². The summed E-state index contributed by atoms with van der Waals surface area (Å²) in [6.45, 7) is 5.75. The number of rotatable bonds is 4. The maximum atomic E-state index is 3.60. The Morgan fingerprint density at radius 3 is 2.71 bits per heavy atom. The lowest BCUT2D eigenvalue weighted by atomic mass is 10.8. The second-order valence-corrected chi connectivity index (χ2v) is 3.78. The maximum absolute atomic E-state index is 3.60. The molecule has 7 heavy (non-hydrogen) atoms. The molecule has 0 N–H and O–H groups in total. The molecule has 0 rings (SSSR count). The van der Waals surface area contributed by atoms with Crippen molar-refractivity contribution < 1.29 is 0 Å². The lowest BCUT2D eigenvalue weighted by Gasteiger charge is -1.87. The van der Waals surface area contributed by atoms with Crippen LogP contribution in [0, 0.1) is 0 Å². The third-order valence-electron chi connectivity index (χ3n) is 0.387. The van der Waals surface area contributed by atoms with Crippen LogP contribution in [0.3, 0.4) is 0 Å². The highest BCUT2D eigenvalue weighted by Crippen LogP contribution is 2.19. The first kappa shape index (κ1) is 7.44. The Kier molecular flexibility index (Phi) is 6.84. The fraction of sp³-hybridized carbons (Fsp3) is 0.600. The van der Waals surface area contributed by atoms with Crippen LogP contribution in [0.15, 0.2) is 12.7 Å². The molecule has 2 heteroatoms. The van der Waals surface area contributed by atoms with Crippen molar-refractivity contribution in [3.63, 3.8) is 0 Å². The van der Waals surface area contributed by atoms with Crippen molar-refractivity contribution in [1.29, 1.82) is 0 Å². The lowest BCUT2D eigenvalue weighted by Crippen LogP contribution is -1.62. The summed E-state index contributed by atoms with van der Waals surface area (Å²) in [6.07, 6.45) is 1.92. The predicted molar refractivity (Wildman–Crippen MR) is 40.8 cm³/mol. The first-order chi connectivity index (χ1) is 3.41. The van der Waals surface area contributed by atoms with Gasteiger partial charge in [0, 0.05) is 11.5 Å². The van der Waals surface area contributed by atoms with Crippen LogP contribution in [-0.4, -0.2) is 11.5 Å². The van der Waals surface area contributed by atoms with Crippen LogP contribution in [-0.2, 0) is 0 Å². The molecule has 0 aromatic carbocycles. The SMILES string of the molecule is C=CCSSCC. The Balaban J connectivity index is 2.56. The third kappa shape index (κ3) is 6.44. The fourth-order valence-electron chi connectivity index (χ4n) is 0.180. The van der Waals surface area contributed by atoms with Gasteiger partial charge < -0.3 is 0 Å². The van der Waals surface area contributed by atoms with Crippen LogP contribution in [0.5, 0.6) is 0 Å². The number of hydrogen-bond acceptors (Lipinski definition) is 2. The molecule has 0 spiro atoms. The molecule has 0 nitrogen and oxygen atoms in total. The predicted octanol–water partition coefficient (Wildman–Crippen LogP) is 2.57. The van der Waals surface area contributed by atoms with Gasteiger partial charge in [-0.1, -0.05) is 34.6 Å². The molecular weight excluding hydrogens is 124 g/mol. The van der Waals surface area contributed by atoms with Crippen molar-refractivity contribution >= 4 is 21.6 Å². The summed E-state index contributed by atoms with van der Waals surface area (Å²) in [7, 11) is 3.73. The quantitative estimate of drug-likeness (QED) is 0.329. The molecule has 0 aromatic rings. The van der Waals surface area contributed by atoms with Crippen molar-refractivity contribution in [2.24, 2.45) is 0 Å². The van der Waals surface area contributed by atoms with Gasteiger partial charge in [0.25, 0.3) is 0 Å². The summed E-state index contributed by atoms with van der Waals surface area (Å²) < 4.78 is 0. The standard InChI is InChI=1S/C5H10S2/c1-3-5-7-6-4-2/h3H,1,4-5H2,2H3. The summed E-state index contributed by atoms with van der Waals surface area (Å²) in [6, 6.07) is 0. The smallest absolute Gasteiger partial charge is 0.0215 e. The zero-order valence-corrected chi connectivity index (χ0v) is 6.15. The number of hydrogen-bond donors (Lipinski definition) is 0. The maximum Gasteiger partial charge on any atom is 0.0215 e. The average molecular weight is 134 g/mol. The van der Waals surface area contributed by atoms with E-state index in [1.165, 1.54) is 5.75 Å². The molecule has 0 aliphatic heterocycles. The van der Waals surface area contributed by atoms with Crippen molar-refractivity contribution in [2.75, 3.05) is 11.5 Å². The molecule has 0 saturated carbocycles. The van der Waals surface area contributed by atoms with E-state index in [4.69, 9.17) is 0 Å². The Morgan fingerprint density at radius 1 is 1.57 bits per heavy atom. The first-order valence-electron chi connectivity index (χ1n) is 2.27. The van der Waals surface area contributed by atoms with E-state index in [1.807, 2.05) is 27.7 Å². The molecule has 0 aromatic heterocycles. The van der Waals surface area contributed by atoms with E-state index in [9.17, 15) is 0 Å². The first-order valence-corrected chi connectivity index (χ1v) is 4.76. The normalized spacial score (nSPS) is 8.71. The van der Waals surface area contributed by atoms with Gasteiger partial charge in [-0.3, -0.25) is 0 Å². The van der Waals surface area contributed by atoms with Crippen LogP contribution in [0.25, 0.3) is 0 Å². The second-order valence-electron chi connectivity index (χ2n) is 0.980. The monoisotopic (exact) mass is 134 g/mol. The second kappa shape index (κ2) is 6.44. The highest BCUT2D eigenvalue weighted by atomic mass is 33.1. The minimum absolute atomic E-state index is 1.07. The summed E-state index contributed by atoms with van der Waals surface area (Å²) in [5.41, 5.74) is 0. The Bertz CT molecular complexity index is 43.3. The Hall–Kier alpha value is 0.440. The van der Waals surface area contributed by atoms with E-state index in [2.05, 4.69) is 13.5 Å². The van der Waals surface area contributed by atoms with Crippen LogP contribution in [0.2, 0.25) is 0 Å². The minimum Gasteiger partial charge on any atom is -0.102 e. The molecule has 0 amide bonds. The van der Waals surface area contributed by atoms with Crippen molar-refractivity contribution in [3.05, 3.63) is 12.7 Å². The molecule has 0 atom stereocenters. The molecular formula is C5H10S2. The van der Waals surface area contributed by atoms with Gasteiger partial charge in [0.05, 0.1) is 0 Å². The van der Waals surface area contributed by atoms with Gasteiger partial charge in [-0.15, -0.1) is 6.58 Å². The van der Waals surface area contributed by atoms with Crippen LogP contribution in [0.1, 0.15) is 6.92 Å². The fourth-order valence-corrected chi connectivity index (χ4v) is 1.62. The molecule has 0 heterocycles. The van der Waals surface area contributed by atoms with Crippen LogP contribution in [0.4, 0.5) is 0 Å².